The van der Waals surface area contributed by atoms with Crippen LogP contribution in [0, 0.1) is 0 Å². The van der Waals surface area contributed by atoms with E-state index in [4.69, 9.17) is 5.73 Å². The van der Waals surface area contributed by atoms with Crippen LogP contribution in [0.5, 0.6) is 0 Å². The van der Waals surface area contributed by atoms with Crippen molar-refractivity contribution in [3.8, 4) is 0 Å². The molecule has 0 fully saturated rings. The Balaban J connectivity index is 2.99. The van der Waals surface area contributed by atoms with Crippen molar-refractivity contribution in [1.29, 1.82) is 0 Å². The molecule has 0 aliphatic carbocycles. The normalized spacial score (nSPS) is 10.3. The van der Waals surface area contributed by atoms with E-state index in [0.29, 0.717) is 24.6 Å². The van der Waals surface area contributed by atoms with Crippen LogP contribution in [0.25, 0.3) is 0 Å². The van der Waals surface area contributed by atoms with Gasteiger partial charge in [0.05, 0.1) is 6.54 Å². The molecule has 3 N–H and O–H groups in total. The molecule has 1 rings (SSSR count). The van der Waals surface area contributed by atoms with Crippen molar-refractivity contribution in [2.45, 2.75) is 33.1 Å². The summed E-state index contributed by atoms with van der Waals surface area (Å²) in [5.74, 6) is 0.706. The Labute approximate surface area is 106 Å². The van der Waals surface area contributed by atoms with Gasteiger partial charge in [-0.15, -0.1) is 0 Å². The average Bonchev–Trinajstić information content (AvgIpc) is 2.33. The van der Waals surface area contributed by atoms with Gasteiger partial charge in [-0.1, -0.05) is 20.3 Å². The number of H-pyrrole nitrogens is 1. The van der Waals surface area contributed by atoms with Gasteiger partial charge in [0.1, 0.15) is 11.6 Å². The van der Waals surface area contributed by atoms with E-state index in [1.54, 1.807) is 4.90 Å². The third-order valence-corrected chi connectivity index (χ3v) is 2.56. The SMILES string of the molecule is CCCCN(CC(N)=O)c1cc(=O)[nH]c(CC)n1. The Morgan fingerprint density at radius 2 is 2.22 bits per heavy atom. The maximum absolute atomic E-state index is 11.5. The lowest BCUT2D eigenvalue weighted by Crippen LogP contribution is -2.36. The molecule has 0 atom stereocenters. The van der Waals surface area contributed by atoms with E-state index in [9.17, 15) is 9.59 Å². The molecule has 100 valence electrons. The van der Waals surface area contributed by atoms with Crippen molar-refractivity contribution >= 4 is 11.7 Å². The third-order valence-electron chi connectivity index (χ3n) is 2.56. The molecule has 0 spiro atoms. The van der Waals surface area contributed by atoms with Gasteiger partial charge in [-0.3, -0.25) is 9.59 Å². The summed E-state index contributed by atoms with van der Waals surface area (Å²) in [5.41, 5.74) is 5.01. The number of rotatable bonds is 7. The van der Waals surface area contributed by atoms with Gasteiger partial charge in [-0.2, -0.15) is 0 Å². The molecule has 0 saturated carbocycles. The minimum absolute atomic E-state index is 0.0829. The van der Waals surface area contributed by atoms with E-state index in [0.717, 1.165) is 12.8 Å². The van der Waals surface area contributed by atoms with E-state index >= 15 is 0 Å². The first kappa shape index (κ1) is 14.2. The molecule has 0 aliphatic heterocycles. The second-order valence-corrected chi connectivity index (χ2v) is 4.15. The highest BCUT2D eigenvalue weighted by Gasteiger charge is 2.12. The van der Waals surface area contributed by atoms with Crippen LogP contribution in [0.15, 0.2) is 10.9 Å². The highest BCUT2D eigenvalue weighted by atomic mass is 16.1. The molecule has 1 amide bonds. The number of nitrogens with two attached hydrogens (primary N) is 1. The number of amides is 1. The minimum atomic E-state index is -0.425. The first-order chi connectivity index (χ1) is 8.56. The van der Waals surface area contributed by atoms with Gasteiger partial charge in [0.15, 0.2) is 0 Å². The minimum Gasteiger partial charge on any atom is -0.368 e. The van der Waals surface area contributed by atoms with E-state index in [2.05, 4.69) is 16.9 Å². The van der Waals surface area contributed by atoms with Gasteiger partial charge in [0.25, 0.3) is 5.56 Å². The summed E-state index contributed by atoms with van der Waals surface area (Å²) in [7, 11) is 0. The van der Waals surface area contributed by atoms with Gasteiger partial charge in [0, 0.05) is 19.0 Å². The van der Waals surface area contributed by atoms with Crippen LogP contribution in [0.1, 0.15) is 32.5 Å². The zero-order valence-corrected chi connectivity index (χ0v) is 10.9. The number of primary amides is 1. The predicted octanol–water partition coefficient (Wildman–Crippen LogP) is 0.424. The molecule has 1 aromatic heterocycles. The van der Waals surface area contributed by atoms with Crippen molar-refractivity contribution in [3.63, 3.8) is 0 Å². The van der Waals surface area contributed by atoms with Crippen LogP contribution in [-0.4, -0.2) is 29.0 Å². The van der Waals surface area contributed by atoms with Gasteiger partial charge < -0.3 is 15.6 Å². The Morgan fingerprint density at radius 1 is 1.50 bits per heavy atom. The summed E-state index contributed by atoms with van der Waals surface area (Å²) in [4.78, 5) is 31.3. The Bertz CT molecular complexity index is 456. The number of carbonyl (C=O) groups is 1. The van der Waals surface area contributed by atoms with Crippen LogP contribution in [0.4, 0.5) is 5.82 Å². The number of nitrogens with one attached hydrogen (secondary N) is 1. The van der Waals surface area contributed by atoms with Crippen molar-refractivity contribution in [2.75, 3.05) is 18.0 Å². The molecular weight excluding hydrogens is 232 g/mol. The fourth-order valence-electron chi connectivity index (χ4n) is 1.64. The quantitative estimate of drug-likeness (QED) is 0.735. The first-order valence-electron chi connectivity index (χ1n) is 6.20. The predicted molar refractivity (Wildman–Crippen MR) is 70.6 cm³/mol. The van der Waals surface area contributed by atoms with E-state index in [-0.39, 0.29) is 12.1 Å². The number of hydrogen-bond donors (Lipinski definition) is 2. The monoisotopic (exact) mass is 252 g/mol. The molecule has 1 heterocycles. The topological polar surface area (TPSA) is 92.1 Å². The molecule has 0 bridgehead atoms. The van der Waals surface area contributed by atoms with Crippen molar-refractivity contribution in [1.82, 2.24) is 9.97 Å². The first-order valence-corrected chi connectivity index (χ1v) is 6.20. The smallest absolute Gasteiger partial charge is 0.252 e. The zero-order chi connectivity index (χ0) is 13.5. The highest BCUT2D eigenvalue weighted by Crippen LogP contribution is 2.09. The largest absolute Gasteiger partial charge is 0.368 e. The maximum Gasteiger partial charge on any atom is 0.252 e. The third kappa shape index (κ3) is 4.20. The number of hydrogen-bond acceptors (Lipinski definition) is 4. The molecule has 0 aliphatic rings. The van der Waals surface area contributed by atoms with Gasteiger partial charge in [-0.05, 0) is 6.42 Å². The summed E-state index contributed by atoms with van der Waals surface area (Å²) in [6, 6.07) is 1.40. The second-order valence-electron chi connectivity index (χ2n) is 4.15. The number of anilines is 1. The lowest BCUT2D eigenvalue weighted by atomic mass is 10.3. The van der Waals surface area contributed by atoms with Crippen molar-refractivity contribution < 1.29 is 4.79 Å². The molecule has 0 unspecified atom stereocenters. The van der Waals surface area contributed by atoms with Gasteiger partial charge >= 0.3 is 0 Å². The summed E-state index contributed by atoms with van der Waals surface area (Å²) < 4.78 is 0. The maximum atomic E-state index is 11.5. The van der Waals surface area contributed by atoms with E-state index < -0.39 is 5.91 Å². The van der Waals surface area contributed by atoms with Crippen LogP contribution >= 0.6 is 0 Å². The fourth-order valence-corrected chi connectivity index (χ4v) is 1.64. The molecule has 6 nitrogen and oxygen atoms in total. The van der Waals surface area contributed by atoms with Gasteiger partial charge in [0.2, 0.25) is 5.91 Å². The lowest BCUT2D eigenvalue weighted by Gasteiger charge is -2.22. The number of aryl methyl sites for hydroxylation is 1. The van der Waals surface area contributed by atoms with E-state index in [1.807, 2.05) is 6.92 Å². The summed E-state index contributed by atoms with van der Waals surface area (Å²) in [6.07, 6.45) is 2.56. The van der Waals surface area contributed by atoms with Crippen LogP contribution in [-0.2, 0) is 11.2 Å². The molecule has 0 aromatic carbocycles. The second kappa shape index (κ2) is 6.78. The highest BCUT2D eigenvalue weighted by molar-refractivity contribution is 5.79. The zero-order valence-electron chi connectivity index (χ0n) is 10.9. The summed E-state index contributed by atoms with van der Waals surface area (Å²) in [6.45, 7) is 4.72. The van der Waals surface area contributed by atoms with Crippen LogP contribution < -0.4 is 16.2 Å². The summed E-state index contributed by atoms with van der Waals surface area (Å²) in [5, 5.41) is 0. The molecule has 18 heavy (non-hydrogen) atoms. The standard InChI is InChI=1S/C12H20N4O2/c1-3-5-6-16(8-9(13)17)11-7-12(18)15-10(4-2)14-11/h7H,3-6,8H2,1-2H3,(H2,13,17)(H,14,15,18). The molecular formula is C12H20N4O2. The Morgan fingerprint density at radius 3 is 2.78 bits per heavy atom. The number of carbonyl (C=O) groups excluding carboxylic acids is 1. The lowest BCUT2D eigenvalue weighted by molar-refractivity contribution is -0.116. The van der Waals surface area contributed by atoms with Crippen molar-refractivity contribution in [3.05, 3.63) is 22.2 Å². The Kier molecular flexibility index (Phi) is 5.35. The molecule has 1 aromatic rings. The fraction of sp³-hybridized carbons (Fsp3) is 0.583. The van der Waals surface area contributed by atoms with E-state index in [1.165, 1.54) is 6.07 Å². The number of aromatic amines is 1. The van der Waals surface area contributed by atoms with Gasteiger partial charge in [-0.25, -0.2) is 4.98 Å². The number of aromatic nitrogens is 2. The number of unbranched alkanes of at least 4 members (excludes halogenated alkanes) is 1. The molecule has 0 radical (unpaired) electrons. The van der Waals surface area contributed by atoms with Crippen LogP contribution in [0.3, 0.4) is 0 Å². The number of nitrogens with zero attached hydrogens (tertiary/aromatic N) is 2. The van der Waals surface area contributed by atoms with Crippen LogP contribution in [0.2, 0.25) is 0 Å². The Hall–Kier alpha value is -1.85. The molecule has 0 saturated heterocycles. The molecule has 6 heteroatoms. The summed E-state index contributed by atoms with van der Waals surface area (Å²) >= 11 is 0. The van der Waals surface area contributed by atoms with Crippen molar-refractivity contribution in [2.24, 2.45) is 5.73 Å². The average molecular weight is 252 g/mol.